The highest BCUT2D eigenvalue weighted by Crippen LogP contribution is 2.60. The molecule has 3 aromatic carbocycles. The Bertz CT molecular complexity index is 1900. The zero-order valence-corrected chi connectivity index (χ0v) is 32.1. The number of rotatable bonds is 11. The molecule has 4 aromatic rings. The lowest BCUT2D eigenvalue weighted by atomic mass is 9.82. The van der Waals surface area contributed by atoms with E-state index in [0.29, 0.717) is 39.0 Å². The van der Waals surface area contributed by atoms with E-state index in [1.807, 2.05) is 64.3 Å². The number of nitrogens with one attached hydrogen (secondary N) is 1. The van der Waals surface area contributed by atoms with E-state index in [9.17, 15) is 9.90 Å². The van der Waals surface area contributed by atoms with E-state index in [0.717, 1.165) is 45.0 Å². The number of hydrogen-bond acceptors (Lipinski definition) is 8. The number of hydrogen-bond donors (Lipinski definition) is 2. The molecule has 2 fully saturated rings. The number of methoxy groups -OCH3 is 1. The number of piperazine rings is 1. The fourth-order valence-electron chi connectivity index (χ4n) is 8.49. The van der Waals surface area contributed by atoms with Gasteiger partial charge in [-0.15, -0.1) is 5.10 Å². The van der Waals surface area contributed by atoms with E-state index in [2.05, 4.69) is 69.8 Å². The molecule has 2 saturated heterocycles. The van der Waals surface area contributed by atoms with Crippen LogP contribution in [0.2, 0.25) is 18.6 Å². The second-order valence-electron chi connectivity index (χ2n) is 14.3. The van der Waals surface area contributed by atoms with Gasteiger partial charge in [-0.3, -0.25) is 14.3 Å². The Morgan fingerprint density at radius 3 is 2.57 bits per heavy atom. The van der Waals surface area contributed by atoms with Crippen LogP contribution in [-0.2, 0) is 39.4 Å². The lowest BCUT2D eigenvalue weighted by molar-refractivity contribution is -0.146. The Labute approximate surface area is 308 Å². The number of amides is 2. The molecule has 0 radical (unpaired) electrons. The van der Waals surface area contributed by atoms with Gasteiger partial charge >= 0.3 is 0 Å². The molecule has 2 amide bonds. The molecule has 11 nitrogen and oxygen atoms in total. The van der Waals surface area contributed by atoms with Gasteiger partial charge in [0.2, 0.25) is 5.91 Å². The predicted molar refractivity (Wildman–Crippen MR) is 202 cm³/mol. The summed E-state index contributed by atoms with van der Waals surface area (Å²) in [6.45, 7) is 9.64. The largest absolute Gasteiger partial charge is 0.497 e. The molecule has 0 saturated carbocycles. The molecule has 0 bridgehead atoms. The number of carbonyl (C=O) groups is 2. The van der Waals surface area contributed by atoms with Crippen molar-refractivity contribution >= 4 is 52.4 Å². The third-order valence-electron chi connectivity index (χ3n) is 11.1. The smallest absolute Gasteiger partial charge is 0.264 e. The first kappa shape index (κ1) is 35.5. The number of aryl methyl sites for hydroxylation is 1. The maximum atomic E-state index is 15.1. The van der Waals surface area contributed by atoms with Crippen LogP contribution < -0.4 is 25.0 Å². The summed E-state index contributed by atoms with van der Waals surface area (Å²) in [5.74, 6) is 0.670. The fraction of sp³-hybridized carbons (Fsp3) is 0.421. The van der Waals surface area contributed by atoms with Crippen molar-refractivity contribution in [1.82, 2.24) is 20.3 Å². The number of aliphatic hydroxyl groups is 1. The normalized spacial score (nSPS) is 23.4. The van der Waals surface area contributed by atoms with Gasteiger partial charge in [-0.2, -0.15) is 0 Å². The van der Waals surface area contributed by atoms with Gasteiger partial charge in [0, 0.05) is 60.5 Å². The standard InChI is InChI=1S/C38H45BrN6O5Si/c1-25-36(51(3,4)31-12-10-30(49-2)11-13-31)34(15-18-43-24-28(16-20-46)41-42-43)50-38(25)32-21-27(39)7-14-33(32)45(37(38)48)23-26-5-8-29(9-6-26)44-19-17-40-22-35(44)47/h5-14,21,24-25,34,36,40,46H,15-20,22-23H2,1-4H3/t25-,34+,36-,38+/m1/s1. The van der Waals surface area contributed by atoms with Gasteiger partial charge in [0.25, 0.3) is 5.91 Å². The lowest BCUT2D eigenvalue weighted by Crippen LogP contribution is -2.51. The second-order valence-corrected chi connectivity index (χ2v) is 19.9. The lowest BCUT2D eigenvalue weighted by Gasteiger charge is -2.37. The van der Waals surface area contributed by atoms with Crippen molar-refractivity contribution in [2.75, 3.05) is 43.2 Å². The Balaban J connectivity index is 1.24. The number of anilines is 2. The Morgan fingerprint density at radius 1 is 1.10 bits per heavy atom. The number of fused-ring (bicyclic) bond motifs is 2. The molecule has 0 unspecified atom stereocenters. The van der Waals surface area contributed by atoms with Gasteiger partial charge in [-0.25, -0.2) is 0 Å². The Morgan fingerprint density at radius 2 is 1.86 bits per heavy atom. The quantitative estimate of drug-likeness (QED) is 0.216. The molecule has 1 spiro atoms. The van der Waals surface area contributed by atoms with E-state index >= 15 is 4.79 Å². The number of carbonyl (C=O) groups excluding carboxylic acids is 2. The summed E-state index contributed by atoms with van der Waals surface area (Å²) in [5, 5.41) is 22.3. The number of benzene rings is 3. The van der Waals surface area contributed by atoms with Gasteiger partial charge < -0.3 is 29.7 Å². The highest BCUT2D eigenvalue weighted by molar-refractivity contribution is 9.10. The highest BCUT2D eigenvalue weighted by Gasteiger charge is 2.66. The Hall–Kier alpha value is -3.88. The van der Waals surface area contributed by atoms with Crippen LogP contribution in [0.25, 0.3) is 0 Å². The topological polar surface area (TPSA) is 122 Å². The van der Waals surface area contributed by atoms with Gasteiger partial charge in [0.15, 0.2) is 5.60 Å². The summed E-state index contributed by atoms with van der Waals surface area (Å²) in [5.41, 5.74) is 3.21. The maximum Gasteiger partial charge on any atom is 0.264 e. The molecule has 4 heterocycles. The molecular weight excluding hydrogens is 728 g/mol. The minimum absolute atomic E-state index is 0.0156. The van der Waals surface area contributed by atoms with Crippen molar-refractivity contribution in [1.29, 1.82) is 0 Å². The molecule has 4 atom stereocenters. The van der Waals surface area contributed by atoms with Crippen molar-refractivity contribution < 1.29 is 24.2 Å². The average molecular weight is 774 g/mol. The van der Waals surface area contributed by atoms with Crippen LogP contribution in [0.15, 0.2) is 77.4 Å². The van der Waals surface area contributed by atoms with E-state index in [1.54, 1.807) is 12.0 Å². The highest BCUT2D eigenvalue weighted by atomic mass is 79.9. The maximum absolute atomic E-state index is 15.1. The minimum atomic E-state index is -2.31. The first-order chi connectivity index (χ1) is 24.6. The third-order valence-corrected chi connectivity index (χ3v) is 15.9. The zero-order chi connectivity index (χ0) is 35.9. The van der Waals surface area contributed by atoms with Crippen molar-refractivity contribution in [2.45, 2.75) is 63.2 Å². The predicted octanol–water partition coefficient (Wildman–Crippen LogP) is 4.37. The number of halogens is 1. The molecule has 3 aliphatic rings. The molecule has 13 heteroatoms. The van der Waals surface area contributed by atoms with E-state index in [1.165, 1.54) is 5.19 Å². The molecular formula is C38H45BrN6O5Si. The van der Waals surface area contributed by atoms with E-state index < -0.39 is 13.7 Å². The zero-order valence-electron chi connectivity index (χ0n) is 29.5. The van der Waals surface area contributed by atoms with Crippen LogP contribution in [0.3, 0.4) is 0 Å². The monoisotopic (exact) mass is 772 g/mol. The average Bonchev–Trinajstić information content (AvgIpc) is 3.78. The summed E-state index contributed by atoms with van der Waals surface area (Å²) < 4.78 is 15.5. The van der Waals surface area contributed by atoms with Crippen LogP contribution in [0, 0.1) is 5.92 Å². The summed E-state index contributed by atoms with van der Waals surface area (Å²) >= 11 is 3.71. The summed E-state index contributed by atoms with van der Waals surface area (Å²) in [6.07, 6.45) is 2.74. The number of nitrogens with zero attached hydrogens (tertiary/aromatic N) is 5. The van der Waals surface area contributed by atoms with Gasteiger partial charge in [-0.05, 0) is 60.0 Å². The molecule has 268 valence electrons. The van der Waals surface area contributed by atoms with Crippen LogP contribution >= 0.6 is 15.9 Å². The van der Waals surface area contributed by atoms with Gasteiger partial charge in [-0.1, -0.05) is 70.6 Å². The fourth-order valence-corrected chi connectivity index (χ4v) is 12.9. The summed E-state index contributed by atoms with van der Waals surface area (Å²) in [6, 6.07) is 22.4. The first-order valence-electron chi connectivity index (χ1n) is 17.6. The van der Waals surface area contributed by atoms with Gasteiger partial charge in [0.1, 0.15) is 5.75 Å². The van der Waals surface area contributed by atoms with Crippen molar-refractivity contribution in [2.24, 2.45) is 5.92 Å². The molecule has 51 heavy (non-hydrogen) atoms. The van der Waals surface area contributed by atoms with Crippen molar-refractivity contribution in [3.63, 3.8) is 0 Å². The first-order valence-corrected chi connectivity index (χ1v) is 21.5. The summed E-state index contributed by atoms with van der Waals surface area (Å²) in [7, 11) is -0.639. The van der Waals surface area contributed by atoms with Crippen LogP contribution in [0.5, 0.6) is 5.75 Å². The molecule has 2 N–H and O–H groups in total. The molecule has 7 rings (SSSR count). The van der Waals surface area contributed by atoms with E-state index in [-0.39, 0.29) is 36.0 Å². The Kier molecular flexibility index (Phi) is 9.94. The molecule has 0 aliphatic carbocycles. The third kappa shape index (κ3) is 6.43. The molecule has 1 aromatic heterocycles. The molecule has 3 aliphatic heterocycles. The minimum Gasteiger partial charge on any atom is -0.497 e. The SMILES string of the molecule is COc1ccc([Si](C)(C)[C@H]2[C@H](CCn3cc(CCO)nn3)O[C@@]3(C(=O)N(Cc4ccc(N5CCNCC5=O)cc4)c4ccc(Br)cc43)[C@@H]2C)cc1. The second kappa shape index (κ2) is 14.3. The van der Waals surface area contributed by atoms with Crippen molar-refractivity contribution in [3.05, 3.63) is 94.2 Å². The number of aliphatic hydroxyl groups excluding tert-OH is 1. The van der Waals surface area contributed by atoms with E-state index in [4.69, 9.17) is 9.47 Å². The number of ether oxygens (including phenoxy) is 2. The van der Waals surface area contributed by atoms with Gasteiger partial charge in [0.05, 0.1) is 45.8 Å². The number of aromatic nitrogens is 3. The van der Waals surface area contributed by atoms with Crippen LogP contribution in [-0.4, -0.2) is 79.4 Å². The van der Waals surface area contributed by atoms with Crippen LogP contribution in [0.1, 0.15) is 30.2 Å². The van der Waals surface area contributed by atoms with Crippen LogP contribution in [0.4, 0.5) is 11.4 Å². The summed E-state index contributed by atoms with van der Waals surface area (Å²) in [4.78, 5) is 31.3. The van der Waals surface area contributed by atoms with Crippen molar-refractivity contribution in [3.8, 4) is 5.75 Å².